The van der Waals surface area contributed by atoms with Crippen molar-refractivity contribution >= 4 is 56.5 Å². The minimum atomic E-state index is -4.92. The standard InChI is InChI=1S/C40H30ClF9N10O3S/c1-17-10-23-31(34(44)45)55-59(33(23)39(17,46)47)16-29(61)52-27(13-18-11-20(42)15-21(43)12-18)36-53-26-14-19(25-8-9-51-38(54-25)40(48,49)50)4-5-22(26)37(62)60(36)28-7-6-24(41)30-32(28)58(2)56-35(30)57-64(3)63/h4-9,11-12,14-15,17,27,34H,10,13,16H2,1-3H3,(H,52,61)(H,56,57). The second-order valence-corrected chi connectivity index (χ2v) is 16.4. The summed E-state index contributed by atoms with van der Waals surface area (Å²) in [5, 5.41) is 10.7. The van der Waals surface area contributed by atoms with E-state index in [2.05, 4.69) is 30.2 Å². The van der Waals surface area contributed by atoms with Crippen molar-refractivity contribution in [1.82, 2.24) is 44.4 Å². The zero-order valence-corrected chi connectivity index (χ0v) is 34.7. The van der Waals surface area contributed by atoms with Crippen molar-refractivity contribution in [2.24, 2.45) is 13.0 Å². The molecular weight excluding hydrogens is 907 g/mol. The van der Waals surface area contributed by atoms with Crippen LogP contribution in [0.4, 0.5) is 45.3 Å². The Balaban J connectivity index is 1.36. The molecule has 0 spiro atoms. The smallest absolute Gasteiger partial charge is 0.451 e. The van der Waals surface area contributed by atoms with E-state index in [9.17, 15) is 44.9 Å². The van der Waals surface area contributed by atoms with Crippen LogP contribution in [-0.2, 0) is 54.7 Å². The van der Waals surface area contributed by atoms with E-state index < -0.39 is 107 Å². The monoisotopic (exact) mass is 936 g/mol. The second-order valence-electron chi connectivity index (χ2n) is 14.9. The van der Waals surface area contributed by atoms with E-state index in [0.717, 1.165) is 29.8 Å². The Labute approximate surface area is 362 Å². The van der Waals surface area contributed by atoms with Gasteiger partial charge in [-0.2, -0.15) is 31.8 Å². The summed E-state index contributed by atoms with van der Waals surface area (Å²) in [6, 6.07) is 8.50. The van der Waals surface area contributed by atoms with Gasteiger partial charge in [0, 0.05) is 42.8 Å². The summed E-state index contributed by atoms with van der Waals surface area (Å²) in [6.07, 6.45) is -7.00. The number of rotatable bonds is 11. The lowest BCUT2D eigenvalue weighted by Gasteiger charge is -2.24. The molecule has 1 aliphatic carbocycles. The number of nitrogens with one attached hydrogen (secondary N) is 2. The van der Waals surface area contributed by atoms with Crippen molar-refractivity contribution in [3.63, 3.8) is 0 Å². The van der Waals surface area contributed by atoms with E-state index in [1.807, 2.05) is 0 Å². The van der Waals surface area contributed by atoms with Gasteiger partial charge in [-0.1, -0.05) is 24.6 Å². The molecule has 3 atom stereocenters. The van der Waals surface area contributed by atoms with Gasteiger partial charge in [0.1, 0.15) is 41.6 Å². The van der Waals surface area contributed by atoms with Gasteiger partial charge in [0.15, 0.2) is 0 Å². The van der Waals surface area contributed by atoms with Crippen molar-refractivity contribution in [3.05, 3.63) is 122 Å². The fraction of sp³-hybridized carbons (Fsp3) is 0.275. The highest BCUT2D eigenvalue weighted by Crippen LogP contribution is 2.48. The van der Waals surface area contributed by atoms with Gasteiger partial charge in [0.2, 0.25) is 17.5 Å². The molecule has 0 saturated heterocycles. The summed E-state index contributed by atoms with van der Waals surface area (Å²) in [6.45, 7) is 0.0826. The maximum atomic E-state index is 15.5. The normalized spacial score (nSPS) is 15.8. The van der Waals surface area contributed by atoms with E-state index in [4.69, 9.17) is 16.6 Å². The molecule has 3 aromatic carbocycles. The van der Waals surface area contributed by atoms with Crippen molar-refractivity contribution in [2.75, 3.05) is 11.0 Å². The molecule has 0 bridgehead atoms. The molecule has 3 unspecified atom stereocenters. The topological polar surface area (TPSA) is 160 Å². The third-order valence-corrected chi connectivity index (χ3v) is 11.3. The number of aryl methyl sites for hydroxylation is 1. The lowest BCUT2D eigenvalue weighted by atomic mass is 10.0. The first-order valence-corrected chi connectivity index (χ1v) is 20.8. The van der Waals surface area contributed by atoms with Crippen LogP contribution in [0.2, 0.25) is 5.02 Å². The third kappa shape index (κ3) is 8.10. The van der Waals surface area contributed by atoms with Crippen molar-refractivity contribution in [1.29, 1.82) is 0 Å². The highest BCUT2D eigenvalue weighted by molar-refractivity contribution is 7.92. The average molecular weight is 937 g/mol. The third-order valence-electron chi connectivity index (χ3n) is 10.5. The number of anilines is 1. The predicted octanol–water partition coefficient (Wildman–Crippen LogP) is 7.90. The minimum Gasteiger partial charge on any atom is -0.593 e. The predicted molar refractivity (Wildman–Crippen MR) is 215 cm³/mol. The number of aromatic nitrogens is 8. The van der Waals surface area contributed by atoms with Gasteiger partial charge in [0.05, 0.1) is 55.6 Å². The number of hydrogen-bond acceptors (Lipinski definition) is 9. The molecule has 1 aliphatic rings. The van der Waals surface area contributed by atoms with E-state index >= 15 is 8.78 Å². The van der Waals surface area contributed by atoms with Gasteiger partial charge in [-0.25, -0.2) is 32.5 Å². The molecule has 64 heavy (non-hydrogen) atoms. The van der Waals surface area contributed by atoms with Crippen LogP contribution in [0.1, 0.15) is 53.6 Å². The van der Waals surface area contributed by atoms with Crippen molar-refractivity contribution < 1.29 is 48.9 Å². The molecule has 334 valence electrons. The van der Waals surface area contributed by atoms with E-state index in [-0.39, 0.29) is 61.0 Å². The molecule has 7 aromatic rings. The molecule has 4 aromatic heterocycles. The van der Waals surface area contributed by atoms with Crippen LogP contribution in [-0.4, -0.2) is 55.8 Å². The first-order chi connectivity index (χ1) is 30.1. The first kappa shape index (κ1) is 44.4. The minimum absolute atomic E-state index is 0.0156. The van der Waals surface area contributed by atoms with Gasteiger partial charge in [-0.3, -0.25) is 23.5 Å². The quantitative estimate of drug-likeness (QED) is 0.0971. The number of carbonyl (C=O) groups excluding carboxylic acids is 1. The number of halogens is 10. The maximum absolute atomic E-state index is 15.5. The summed E-state index contributed by atoms with van der Waals surface area (Å²) in [4.78, 5) is 40.7. The maximum Gasteiger partial charge on any atom is 0.451 e. The summed E-state index contributed by atoms with van der Waals surface area (Å²) >= 11 is 4.95. The Kier molecular flexibility index (Phi) is 11.4. The molecule has 13 nitrogen and oxygen atoms in total. The Morgan fingerprint density at radius 1 is 1.05 bits per heavy atom. The van der Waals surface area contributed by atoms with Crippen LogP contribution in [0.25, 0.3) is 38.8 Å². The Bertz CT molecular complexity index is 3050. The van der Waals surface area contributed by atoms with E-state index in [0.29, 0.717) is 10.7 Å². The molecule has 1 amide bonds. The number of alkyl halides is 7. The number of hydrogen-bond donors (Lipinski definition) is 2. The molecular formula is C40H30ClF9N10O3S. The summed E-state index contributed by atoms with van der Waals surface area (Å²) in [5.74, 6) is -10.1. The van der Waals surface area contributed by atoms with Gasteiger partial charge in [-0.05, 0) is 54.4 Å². The highest BCUT2D eigenvalue weighted by Gasteiger charge is 2.51. The SMILES string of the molecule is CC1Cc2c(C(F)F)nn(CC(=O)NC(Cc3cc(F)cc(F)c3)c3nc4cc(-c5ccnc(C(F)(F)F)n5)ccc4c(=O)n3-c3ccc(Cl)c4c(N[S+](C)[O-])nn(C)c34)c2C1(F)F. The molecule has 0 fully saturated rings. The van der Waals surface area contributed by atoms with Crippen LogP contribution >= 0.6 is 11.6 Å². The number of benzene rings is 3. The summed E-state index contributed by atoms with van der Waals surface area (Å²) in [5.41, 5.74) is -3.47. The fourth-order valence-electron chi connectivity index (χ4n) is 7.83. The molecule has 0 saturated carbocycles. The molecule has 4 heterocycles. The van der Waals surface area contributed by atoms with Crippen molar-refractivity contribution in [2.45, 2.75) is 50.9 Å². The summed E-state index contributed by atoms with van der Waals surface area (Å²) < 4.78 is 147. The first-order valence-electron chi connectivity index (χ1n) is 18.9. The molecule has 2 N–H and O–H groups in total. The van der Waals surface area contributed by atoms with E-state index in [1.54, 1.807) is 0 Å². The van der Waals surface area contributed by atoms with Gasteiger partial charge < -0.3 is 9.87 Å². The van der Waals surface area contributed by atoms with Crippen LogP contribution in [0.3, 0.4) is 0 Å². The molecule has 0 aliphatic heterocycles. The molecule has 24 heteroatoms. The molecule has 0 radical (unpaired) electrons. The number of amides is 1. The van der Waals surface area contributed by atoms with E-state index in [1.165, 1.54) is 54.4 Å². The van der Waals surface area contributed by atoms with Crippen LogP contribution < -0.4 is 15.6 Å². The number of nitrogens with zero attached hydrogens (tertiary/aromatic N) is 8. The zero-order chi connectivity index (χ0) is 46.2. The Morgan fingerprint density at radius 2 is 1.77 bits per heavy atom. The van der Waals surface area contributed by atoms with Crippen LogP contribution in [0.15, 0.2) is 65.6 Å². The zero-order valence-electron chi connectivity index (χ0n) is 33.1. The number of carbonyl (C=O) groups is 1. The lowest BCUT2D eigenvalue weighted by Crippen LogP contribution is -2.38. The second kappa shape index (κ2) is 16.4. The van der Waals surface area contributed by atoms with Gasteiger partial charge in [0.25, 0.3) is 17.9 Å². The fourth-order valence-corrected chi connectivity index (χ4v) is 8.49. The summed E-state index contributed by atoms with van der Waals surface area (Å²) in [7, 11) is 1.47. The molecule has 8 rings (SSSR count). The van der Waals surface area contributed by atoms with Crippen LogP contribution in [0.5, 0.6) is 0 Å². The van der Waals surface area contributed by atoms with Gasteiger partial charge in [-0.15, -0.1) is 5.10 Å². The average Bonchev–Trinajstić information content (AvgIpc) is 3.81. The Hall–Kier alpha value is -6.20. The van der Waals surface area contributed by atoms with Gasteiger partial charge >= 0.3 is 6.18 Å². The lowest BCUT2D eigenvalue weighted by molar-refractivity contribution is -0.144. The largest absolute Gasteiger partial charge is 0.593 e. The number of fused-ring (bicyclic) bond motifs is 3. The van der Waals surface area contributed by atoms with Crippen molar-refractivity contribution in [3.8, 4) is 16.9 Å². The van der Waals surface area contributed by atoms with Crippen LogP contribution in [0, 0.1) is 17.6 Å². The Morgan fingerprint density at radius 3 is 2.44 bits per heavy atom. The highest BCUT2D eigenvalue weighted by atomic mass is 35.5.